The number of ether oxygens (including phenoxy) is 1. The Kier molecular flexibility index (Phi) is 9.37. The van der Waals surface area contributed by atoms with Crippen molar-refractivity contribution in [3.8, 4) is 12.3 Å². The molecule has 0 amide bonds. The first-order valence-electron chi connectivity index (χ1n) is 6.37. The fourth-order valence-electron chi connectivity index (χ4n) is 2.04. The predicted molar refractivity (Wildman–Crippen MR) is 70.4 cm³/mol. The molecule has 0 bridgehead atoms. The third kappa shape index (κ3) is 6.15. The molecular formula is C14H27NO. The van der Waals surface area contributed by atoms with Crippen molar-refractivity contribution in [2.75, 3.05) is 13.7 Å². The summed E-state index contributed by atoms with van der Waals surface area (Å²) in [4.78, 5) is 0. The number of hydrogen-bond acceptors (Lipinski definition) is 2. The standard InChI is InChI=1S/C14H27NO/c1-6-8-9-10-13(15-11-7-2)14(16-5)12(3)4/h1,12-15H,7-11H2,2-5H3. The molecule has 0 aliphatic rings. The highest BCUT2D eigenvalue weighted by molar-refractivity contribution is 4.86. The number of methoxy groups -OCH3 is 1. The third-order valence-corrected chi connectivity index (χ3v) is 2.82. The van der Waals surface area contributed by atoms with Crippen molar-refractivity contribution in [2.24, 2.45) is 5.92 Å². The summed E-state index contributed by atoms with van der Waals surface area (Å²) in [6.07, 6.45) is 9.75. The van der Waals surface area contributed by atoms with E-state index >= 15 is 0 Å². The Bertz CT molecular complexity index is 195. The maximum Gasteiger partial charge on any atom is 0.0747 e. The molecule has 0 spiro atoms. The van der Waals surface area contributed by atoms with Gasteiger partial charge in [0.05, 0.1) is 6.10 Å². The van der Waals surface area contributed by atoms with Crippen LogP contribution in [0.3, 0.4) is 0 Å². The van der Waals surface area contributed by atoms with E-state index in [0.717, 1.165) is 32.2 Å². The summed E-state index contributed by atoms with van der Waals surface area (Å²) in [5.41, 5.74) is 0. The molecule has 2 unspecified atom stereocenters. The van der Waals surface area contributed by atoms with Crippen molar-refractivity contribution in [3.05, 3.63) is 0 Å². The number of hydrogen-bond donors (Lipinski definition) is 1. The molecular weight excluding hydrogens is 198 g/mol. The van der Waals surface area contributed by atoms with E-state index in [-0.39, 0.29) is 6.10 Å². The lowest BCUT2D eigenvalue weighted by molar-refractivity contribution is 0.0303. The molecule has 2 nitrogen and oxygen atoms in total. The van der Waals surface area contributed by atoms with Gasteiger partial charge in [0, 0.05) is 19.6 Å². The van der Waals surface area contributed by atoms with Crippen molar-refractivity contribution in [3.63, 3.8) is 0 Å². The van der Waals surface area contributed by atoms with Gasteiger partial charge in [0.15, 0.2) is 0 Å². The van der Waals surface area contributed by atoms with Gasteiger partial charge in [0.1, 0.15) is 0 Å². The van der Waals surface area contributed by atoms with Crippen LogP contribution in [0, 0.1) is 18.3 Å². The third-order valence-electron chi connectivity index (χ3n) is 2.82. The molecule has 0 saturated heterocycles. The van der Waals surface area contributed by atoms with Crippen LogP contribution in [0.1, 0.15) is 46.5 Å². The van der Waals surface area contributed by atoms with E-state index in [1.54, 1.807) is 7.11 Å². The Balaban J connectivity index is 4.20. The second-order valence-electron chi connectivity index (χ2n) is 4.60. The highest BCUT2D eigenvalue weighted by Crippen LogP contribution is 2.15. The maximum atomic E-state index is 5.59. The van der Waals surface area contributed by atoms with Crippen molar-refractivity contribution < 1.29 is 4.74 Å². The second-order valence-corrected chi connectivity index (χ2v) is 4.60. The quantitative estimate of drug-likeness (QED) is 0.481. The first-order valence-corrected chi connectivity index (χ1v) is 6.37. The molecule has 0 aromatic carbocycles. The smallest absolute Gasteiger partial charge is 0.0747 e. The van der Waals surface area contributed by atoms with Gasteiger partial charge in [-0.3, -0.25) is 0 Å². The molecule has 1 N–H and O–H groups in total. The molecule has 0 saturated carbocycles. The zero-order valence-electron chi connectivity index (χ0n) is 11.3. The fourth-order valence-corrected chi connectivity index (χ4v) is 2.04. The van der Waals surface area contributed by atoms with E-state index in [4.69, 9.17) is 11.2 Å². The second kappa shape index (κ2) is 9.69. The van der Waals surface area contributed by atoms with Crippen LogP contribution in [0.2, 0.25) is 0 Å². The van der Waals surface area contributed by atoms with Gasteiger partial charge in [0.2, 0.25) is 0 Å². The lowest BCUT2D eigenvalue weighted by Crippen LogP contribution is -2.44. The summed E-state index contributed by atoms with van der Waals surface area (Å²) in [7, 11) is 1.80. The van der Waals surface area contributed by atoms with Crippen LogP contribution >= 0.6 is 0 Å². The van der Waals surface area contributed by atoms with Gasteiger partial charge >= 0.3 is 0 Å². The Labute approximate surface area is 101 Å². The molecule has 2 heteroatoms. The largest absolute Gasteiger partial charge is 0.380 e. The Morgan fingerprint density at radius 3 is 2.50 bits per heavy atom. The van der Waals surface area contributed by atoms with E-state index in [9.17, 15) is 0 Å². The van der Waals surface area contributed by atoms with Crippen molar-refractivity contribution in [1.29, 1.82) is 0 Å². The number of nitrogens with one attached hydrogen (secondary N) is 1. The molecule has 2 atom stereocenters. The molecule has 0 radical (unpaired) electrons. The highest BCUT2D eigenvalue weighted by Gasteiger charge is 2.22. The van der Waals surface area contributed by atoms with Crippen LogP contribution < -0.4 is 5.32 Å². The molecule has 0 aromatic heterocycles. The molecule has 0 aromatic rings. The van der Waals surface area contributed by atoms with Crippen LogP contribution in [0.4, 0.5) is 0 Å². The lowest BCUT2D eigenvalue weighted by atomic mass is 9.95. The molecule has 0 heterocycles. The van der Waals surface area contributed by atoms with Crippen LogP contribution in [0.15, 0.2) is 0 Å². The van der Waals surface area contributed by atoms with E-state index in [1.165, 1.54) is 0 Å². The average molecular weight is 225 g/mol. The van der Waals surface area contributed by atoms with Crippen LogP contribution in [-0.2, 0) is 4.74 Å². The first kappa shape index (κ1) is 15.5. The minimum Gasteiger partial charge on any atom is -0.380 e. The minimum absolute atomic E-state index is 0.282. The molecule has 0 aliphatic carbocycles. The minimum atomic E-state index is 0.282. The van der Waals surface area contributed by atoms with Crippen molar-refractivity contribution >= 4 is 0 Å². The molecule has 0 rings (SSSR count). The highest BCUT2D eigenvalue weighted by atomic mass is 16.5. The molecule has 94 valence electrons. The van der Waals surface area contributed by atoms with Crippen LogP contribution in [0.5, 0.6) is 0 Å². The van der Waals surface area contributed by atoms with Gasteiger partial charge in [0.25, 0.3) is 0 Å². The van der Waals surface area contributed by atoms with E-state index in [1.807, 2.05) is 0 Å². The van der Waals surface area contributed by atoms with Gasteiger partial charge in [-0.1, -0.05) is 20.8 Å². The van der Waals surface area contributed by atoms with Gasteiger partial charge in [-0.15, -0.1) is 12.3 Å². The predicted octanol–water partition coefficient (Wildman–Crippen LogP) is 2.83. The number of terminal acetylenes is 1. The number of unbranched alkanes of at least 4 members (excludes halogenated alkanes) is 1. The zero-order chi connectivity index (χ0) is 12.4. The normalized spacial score (nSPS) is 14.8. The Morgan fingerprint density at radius 2 is 2.06 bits per heavy atom. The Morgan fingerprint density at radius 1 is 1.38 bits per heavy atom. The van der Waals surface area contributed by atoms with E-state index < -0.39 is 0 Å². The van der Waals surface area contributed by atoms with E-state index in [2.05, 4.69) is 32.0 Å². The topological polar surface area (TPSA) is 21.3 Å². The lowest BCUT2D eigenvalue weighted by Gasteiger charge is -2.30. The summed E-state index contributed by atoms with van der Waals surface area (Å²) >= 11 is 0. The van der Waals surface area contributed by atoms with Gasteiger partial charge in [-0.2, -0.15) is 0 Å². The first-order chi connectivity index (χ1) is 7.67. The average Bonchev–Trinajstić information content (AvgIpc) is 2.25. The Hall–Kier alpha value is -0.520. The summed E-state index contributed by atoms with van der Waals surface area (Å²) in [5, 5.41) is 3.57. The van der Waals surface area contributed by atoms with Gasteiger partial charge < -0.3 is 10.1 Å². The van der Waals surface area contributed by atoms with Crippen LogP contribution in [0.25, 0.3) is 0 Å². The van der Waals surface area contributed by atoms with Crippen molar-refractivity contribution in [2.45, 2.75) is 58.6 Å². The fraction of sp³-hybridized carbons (Fsp3) is 0.857. The van der Waals surface area contributed by atoms with Crippen LogP contribution in [-0.4, -0.2) is 25.8 Å². The molecule has 16 heavy (non-hydrogen) atoms. The maximum absolute atomic E-state index is 5.59. The molecule has 0 fully saturated rings. The van der Waals surface area contributed by atoms with Gasteiger partial charge in [-0.05, 0) is 31.7 Å². The summed E-state index contributed by atoms with van der Waals surface area (Å²) in [5.74, 6) is 3.23. The van der Waals surface area contributed by atoms with Crippen molar-refractivity contribution in [1.82, 2.24) is 5.32 Å². The zero-order valence-corrected chi connectivity index (χ0v) is 11.3. The van der Waals surface area contributed by atoms with Gasteiger partial charge in [-0.25, -0.2) is 0 Å². The number of rotatable bonds is 9. The van der Waals surface area contributed by atoms with E-state index in [0.29, 0.717) is 12.0 Å². The summed E-state index contributed by atoms with van der Waals surface area (Å²) in [6, 6.07) is 0.429. The summed E-state index contributed by atoms with van der Waals surface area (Å²) in [6.45, 7) is 7.64. The SMILES string of the molecule is C#CCCCC(NCCC)C(OC)C(C)C. The summed E-state index contributed by atoms with van der Waals surface area (Å²) < 4.78 is 5.59. The monoisotopic (exact) mass is 225 g/mol. The molecule has 0 aliphatic heterocycles.